The molecule has 0 aliphatic carbocycles. The number of nitrogens with one attached hydrogen (secondary N) is 2. The lowest BCUT2D eigenvalue weighted by Gasteiger charge is -2.13. The van der Waals surface area contributed by atoms with Gasteiger partial charge in [0, 0.05) is 23.2 Å². The van der Waals surface area contributed by atoms with Crippen LogP contribution in [0.2, 0.25) is 0 Å². The molecule has 0 aliphatic rings. The summed E-state index contributed by atoms with van der Waals surface area (Å²) in [6.45, 7) is 7.13. The van der Waals surface area contributed by atoms with Crippen molar-refractivity contribution in [2.24, 2.45) is 0 Å². The van der Waals surface area contributed by atoms with E-state index in [1.807, 2.05) is 6.07 Å². The maximum absolute atomic E-state index is 12.4. The fourth-order valence-corrected chi connectivity index (χ4v) is 3.90. The third-order valence-electron chi connectivity index (χ3n) is 4.08. The molecular weight excluding hydrogens is 376 g/mol. The number of carbonyl (C=O) groups excluding carboxylic acids is 3. The van der Waals surface area contributed by atoms with Crippen LogP contribution in [-0.2, 0) is 27.2 Å². The third-order valence-corrected chi connectivity index (χ3v) is 5.30. The van der Waals surface area contributed by atoms with Gasteiger partial charge in [-0.05, 0) is 55.7 Å². The van der Waals surface area contributed by atoms with Crippen molar-refractivity contribution in [1.82, 2.24) is 0 Å². The number of aryl methyl sites for hydroxylation is 2. The fourth-order valence-electron chi connectivity index (χ4n) is 2.66. The molecular formula is C21H26N2O4S. The molecule has 1 aromatic heterocycles. The van der Waals surface area contributed by atoms with Gasteiger partial charge in [-0.15, -0.1) is 11.3 Å². The molecule has 2 amide bonds. The van der Waals surface area contributed by atoms with Crippen molar-refractivity contribution in [2.45, 2.75) is 53.1 Å². The van der Waals surface area contributed by atoms with Gasteiger partial charge >= 0.3 is 5.97 Å². The number of hydrogen-bond donors (Lipinski definition) is 2. The van der Waals surface area contributed by atoms with Crippen molar-refractivity contribution in [1.29, 1.82) is 0 Å². The number of thiophene rings is 1. The Bertz CT molecular complexity index is 843. The molecule has 6 nitrogen and oxygen atoms in total. The first kappa shape index (κ1) is 21.6. The second kappa shape index (κ2) is 10.0. The zero-order valence-electron chi connectivity index (χ0n) is 16.6. The van der Waals surface area contributed by atoms with Crippen LogP contribution < -0.4 is 10.6 Å². The van der Waals surface area contributed by atoms with Gasteiger partial charge in [-0.2, -0.15) is 0 Å². The van der Waals surface area contributed by atoms with Gasteiger partial charge in [0.05, 0.1) is 0 Å². The van der Waals surface area contributed by atoms with Crippen molar-refractivity contribution < 1.29 is 19.1 Å². The minimum atomic E-state index is -0.927. The highest BCUT2D eigenvalue weighted by Crippen LogP contribution is 2.25. The summed E-state index contributed by atoms with van der Waals surface area (Å²) in [5.41, 5.74) is 2.35. The van der Waals surface area contributed by atoms with Gasteiger partial charge in [-0.1, -0.05) is 20.3 Å². The molecule has 0 saturated heterocycles. The fraction of sp³-hybridized carbons (Fsp3) is 0.381. The van der Waals surface area contributed by atoms with Crippen LogP contribution in [0.1, 0.15) is 54.2 Å². The molecule has 1 atom stereocenters. The maximum atomic E-state index is 12.4. The summed E-state index contributed by atoms with van der Waals surface area (Å²) < 4.78 is 5.34. The second-order valence-electron chi connectivity index (χ2n) is 6.46. The predicted molar refractivity (Wildman–Crippen MR) is 112 cm³/mol. The van der Waals surface area contributed by atoms with Gasteiger partial charge in [-0.25, -0.2) is 4.79 Å². The summed E-state index contributed by atoms with van der Waals surface area (Å²) in [5, 5.41) is 5.35. The SMILES string of the molecule is CCCc1sc(C(=O)O[C@H](C)C(=O)Nc2ccc(NC(C)=O)cc2)cc1CC. The quantitative estimate of drug-likeness (QED) is 0.641. The van der Waals surface area contributed by atoms with E-state index in [0.29, 0.717) is 16.3 Å². The summed E-state index contributed by atoms with van der Waals surface area (Å²) in [5.74, 6) is -1.06. The van der Waals surface area contributed by atoms with Crippen LogP contribution in [0.15, 0.2) is 30.3 Å². The molecule has 2 N–H and O–H groups in total. The lowest BCUT2D eigenvalue weighted by molar-refractivity contribution is -0.123. The number of hydrogen-bond acceptors (Lipinski definition) is 5. The number of rotatable bonds is 8. The molecule has 0 saturated carbocycles. The van der Waals surface area contributed by atoms with Gasteiger partial charge in [0.2, 0.25) is 5.91 Å². The van der Waals surface area contributed by atoms with E-state index in [2.05, 4.69) is 24.5 Å². The molecule has 2 rings (SSSR count). The Morgan fingerprint density at radius 3 is 2.21 bits per heavy atom. The zero-order valence-corrected chi connectivity index (χ0v) is 17.4. The van der Waals surface area contributed by atoms with Crippen molar-refractivity contribution in [3.05, 3.63) is 45.6 Å². The number of carbonyl (C=O) groups is 3. The molecule has 28 heavy (non-hydrogen) atoms. The van der Waals surface area contributed by atoms with E-state index in [9.17, 15) is 14.4 Å². The summed E-state index contributed by atoms with van der Waals surface area (Å²) in [7, 11) is 0. The normalized spacial score (nSPS) is 11.6. The van der Waals surface area contributed by atoms with E-state index in [0.717, 1.165) is 24.8 Å². The third kappa shape index (κ3) is 5.92. The molecule has 0 bridgehead atoms. The molecule has 0 aliphatic heterocycles. The number of esters is 1. The van der Waals surface area contributed by atoms with E-state index in [4.69, 9.17) is 4.74 Å². The molecule has 2 aromatic rings. The number of benzene rings is 1. The largest absolute Gasteiger partial charge is 0.448 e. The highest BCUT2D eigenvalue weighted by atomic mass is 32.1. The van der Waals surface area contributed by atoms with E-state index >= 15 is 0 Å². The van der Waals surface area contributed by atoms with Gasteiger partial charge in [0.15, 0.2) is 6.10 Å². The molecule has 1 aromatic carbocycles. The Labute approximate surface area is 169 Å². The first-order valence-electron chi connectivity index (χ1n) is 9.35. The molecule has 0 radical (unpaired) electrons. The first-order chi connectivity index (χ1) is 13.3. The Morgan fingerprint density at radius 2 is 1.68 bits per heavy atom. The highest BCUT2D eigenvalue weighted by Gasteiger charge is 2.21. The van der Waals surface area contributed by atoms with Gasteiger partial charge in [0.25, 0.3) is 5.91 Å². The standard InChI is InChI=1S/C21H26N2O4S/c1-5-7-18-15(6-2)12-19(28-18)21(26)27-13(3)20(25)23-17-10-8-16(9-11-17)22-14(4)24/h8-13H,5-7H2,1-4H3,(H,22,24)(H,23,25)/t13-/m1/s1. The maximum Gasteiger partial charge on any atom is 0.349 e. The monoisotopic (exact) mass is 402 g/mol. The Kier molecular flexibility index (Phi) is 7.75. The zero-order chi connectivity index (χ0) is 20.7. The van der Waals surface area contributed by atoms with Crippen LogP contribution in [0.4, 0.5) is 11.4 Å². The molecule has 0 spiro atoms. The van der Waals surface area contributed by atoms with Crippen LogP contribution in [0.3, 0.4) is 0 Å². The van der Waals surface area contributed by atoms with Crippen molar-refractivity contribution in [3.63, 3.8) is 0 Å². The van der Waals surface area contributed by atoms with E-state index in [1.54, 1.807) is 31.2 Å². The molecule has 150 valence electrons. The van der Waals surface area contributed by atoms with Gasteiger partial charge < -0.3 is 15.4 Å². The lowest BCUT2D eigenvalue weighted by Crippen LogP contribution is -2.29. The van der Waals surface area contributed by atoms with Crippen LogP contribution in [0, 0.1) is 0 Å². The van der Waals surface area contributed by atoms with Gasteiger partial charge in [-0.3, -0.25) is 9.59 Å². The van der Waals surface area contributed by atoms with Crippen LogP contribution >= 0.6 is 11.3 Å². The topological polar surface area (TPSA) is 84.5 Å². The van der Waals surface area contributed by atoms with E-state index < -0.39 is 18.0 Å². The Balaban J connectivity index is 1.96. The lowest BCUT2D eigenvalue weighted by atomic mass is 10.1. The van der Waals surface area contributed by atoms with Crippen molar-refractivity contribution in [3.8, 4) is 0 Å². The molecule has 0 unspecified atom stereocenters. The predicted octanol–water partition coefficient (Wildman–Crippen LogP) is 4.41. The first-order valence-corrected chi connectivity index (χ1v) is 10.2. The number of ether oxygens (including phenoxy) is 1. The van der Waals surface area contributed by atoms with Crippen molar-refractivity contribution in [2.75, 3.05) is 10.6 Å². The summed E-state index contributed by atoms with van der Waals surface area (Å²) in [6, 6.07) is 8.56. The molecule has 0 fully saturated rings. The summed E-state index contributed by atoms with van der Waals surface area (Å²) in [6.07, 6.45) is 1.89. The van der Waals surface area contributed by atoms with Gasteiger partial charge in [0.1, 0.15) is 4.88 Å². The van der Waals surface area contributed by atoms with Crippen molar-refractivity contribution >= 4 is 40.5 Å². The van der Waals surface area contributed by atoms with Crippen LogP contribution in [0.25, 0.3) is 0 Å². The smallest absolute Gasteiger partial charge is 0.349 e. The summed E-state index contributed by atoms with van der Waals surface area (Å²) in [4.78, 5) is 37.5. The Hall–Kier alpha value is -2.67. The second-order valence-corrected chi connectivity index (χ2v) is 7.59. The Morgan fingerprint density at radius 1 is 1.07 bits per heavy atom. The summed E-state index contributed by atoms with van der Waals surface area (Å²) >= 11 is 1.44. The van der Waals surface area contributed by atoms with Crippen LogP contribution in [0.5, 0.6) is 0 Å². The van der Waals surface area contributed by atoms with Crippen LogP contribution in [-0.4, -0.2) is 23.9 Å². The highest BCUT2D eigenvalue weighted by molar-refractivity contribution is 7.14. The average molecular weight is 403 g/mol. The average Bonchev–Trinajstić information content (AvgIpc) is 3.06. The van der Waals surface area contributed by atoms with E-state index in [-0.39, 0.29) is 5.91 Å². The molecule has 1 heterocycles. The minimum Gasteiger partial charge on any atom is -0.448 e. The molecule has 7 heteroatoms. The number of anilines is 2. The van der Waals surface area contributed by atoms with E-state index in [1.165, 1.54) is 23.1 Å². The number of amides is 2. The minimum absolute atomic E-state index is 0.167.